The predicted molar refractivity (Wildman–Crippen MR) is 92.8 cm³/mol. The summed E-state index contributed by atoms with van der Waals surface area (Å²) in [6, 6.07) is 16.2. The van der Waals surface area contributed by atoms with E-state index in [0.717, 1.165) is 38.4 Å². The van der Waals surface area contributed by atoms with Gasteiger partial charge in [0, 0.05) is 45.1 Å². The number of carbonyl (C=O) groups excluding carboxylic acids is 1. The van der Waals surface area contributed by atoms with Gasteiger partial charge in [0.2, 0.25) is 0 Å². The summed E-state index contributed by atoms with van der Waals surface area (Å²) in [7, 11) is 0. The lowest BCUT2D eigenvalue weighted by Gasteiger charge is -2.34. The first-order valence-electron chi connectivity index (χ1n) is 8.29. The number of hydrogen-bond acceptors (Lipinski definition) is 3. The van der Waals surface area contributed by atoms with Gasteiger partial charge in [0.05, 0.1) is 0 Å². The lowest BCUT2D eigenvalue weighted by molar-refractivity contribution is 0.0623. The summed E-state index contributed by atoms with van der Waals surface area (Å²) in [6.45, 7) is 4.23. The fourth-order valence-electron chi connectivity index (χ4n) is 3.15. The predicted octanol–water partition coefficient (Wildman–Crippen LogP) is 2.29. The molecule has 0 bridgehead atoms. The smallest absolute Gasteiger partial charge is 0.274 e. The molecule has 3 heterocycles. The molecule has 1 amide bonds. The molecule has 1 aliphatic rings. The number of nitrogens with zero attached hydrogens (tertiary/aromatic N) is 4. The number of fused-ring (bicyclic) bond motifs is 1. The van der Waals surface area contributed by atoms with Gasteiger partial charge in [-0.3, -0.25) is 9.69 Å². The van der Waals surface area contributed by atoms with Gasteiger partial charge in [-0.1, -0.05) is 36.4 Å². The third-order valence-electron chi connectivity index (χ3n) is 4.49. The number of benzene rings is 1. The second kappa shape index (κ2) is 6.45. The van der Waals surface area contributed by atoms with Crippen LogP contribution in [-0.4, -0.2) is 51.3 Å². The molecule has 0 unspecified atom stereocenters. The van der Waals surface area contributed by atoms with Crippen LogP contribution < -0.4 is 0 Å². The second-order valence-corrected chi connectivity index (χ2v) is 6.15. The molecular weight excluding hydrogens is 300 g/mol. The molecule has 1 saturated heterocycles. The van der Waals surface area contributed by atoms with Gasteiger partial charge in [0.25, 0.3) is 5.91 Å². The van der Waals surface area contributed by atoms with Crippen molar-refractivity contribution in [2.24, 2.45) is 0 Å². The average molecular weight is 320 g/mol. The molecule has 1 fully saturated rings. The molecule has 0 N–H and O–H groups in total. The van der Waals surface area contributed by atoms with Gasteiger partial charge >= 0.3 is 0 Å². The summed E-state index contributed by atoms with van der Waals surface area (Å²) in [5.41, 5.74) is 2.65. The molecular formula is C19H20N4O. The molecule has 24 heavy (non-hydrogen) atoms. The quantitative estimate of drug-likeness (QED) is 0.743. The topological polar surface area (TPSA) is 40.9 Å². The van der Waals surface area contributed by atoms with Crippen molar-refractivity contribution in [1.82, 2.24) is 19.2 Å². The van der Waals surface area contributed by atoms with Gasteiger partial charge < -0.3 is 9.30 Å². The fourth-order valence-corrected chi connectivity index (χ4v) is 3.15. The highest BCUT2D eigenvalue weighted by molar-refractivity contribution is 5.93. The van der Waals surface area contributed by atoms with Crippen LogP contribution in [0.4, 0.5) is 0 Å². The highest BCUT2D eigenvalue weighted by Crippen LogP contribution is 2.12. The highest BCUT2D eigenvalue weighted by atomic mass is 16.2. The molecule has 5 heteroatoms. The van der Waals surface area contributed by atoms with Gasteiger partial charge in [-0.25, -0.2) is 4.98 Å². The van der Waals surface area contributed by atoms with Crippen LogP contribution in [0.25, 0.3) is 5.65 Å². The summed E-state index contributed by atoms with van der Waals surface area (Å²) >= 11 is 0. The van der Waals surface area contributed by atoms with Crippen LogP contribution in [0.3, 0.4) is 0 Å². The van der Waals surface area contributed by atoms with Crippen LogP contribution in [0.15, 0.2) is 60.9 Å². The minimum Gasteiger partial charge on any atom is -0.335 e. The monoisotopic (exact) mass is 320 g/mol. The summed E-state index contributed by atoms with van der Waals surface area (Å²) in [4.78, 5) is 21.4. The Balaban J connectivity index is 1.39. The molecule has 0 saturated carbocycles. The van der Waals surface area contributed by atoms with Crippen LogP contribution in [0.2, 0.25) is 0 Å². The Morgan fingerprint density at radius 2 is 1.71 bits per heavy atom. The third kappa shape index (κ3) is 3.03. The van der Waals surface area contributed by atoms with Crippen molar-refractivity contribution < 1.29 is 4.79 Å². The number of piperazine rings is 1. The van der Waals surface area contributed by atoms with E-state index < -0.39 is 0 Å². The van der Waals surface area contributed by atoms with Crippen LogP contribution in [0, 0.1) is 0 Å². The zero-order chi connectivity index (χ0) is 16.4. The van der Waals surface area contributed by atoms with Gasteiger partial charge in [0.1, 0.15) is 11.3 Å². The molecule has 0 atom stereocenters. The van der Waals surface area contributed by atoms with E-state index in [4.69, 9.17) is 0 Å². The van der Waals surface area contributed by atoms with Gasteiger partial charge in [-0.05, 0) is 17.7 Å². The molecule has 0 radical (unpaired) electrons. The number of rotatable bonds is 3. The van der Waals surface area contributed by atoms with Gasteiger partial charge in [-0.2, -0.15) is 0 Å². The van der Waals surface area contributed by atoms with Crippen molar-refractivity contribution in [3.8, 4) is 0 Å². The summed E-state index contributed by atoms with van der Waals surface area (Å²) < 4.78 is 1.89. The first kappa shape index (κ1) is 14.9. The van der Waals surface area contributed by atoms with Crippen molar-refractivity contribution in [2.45, 2.75) is 6.54 Å². The van der Waals surface area contributed by atoms with Crippen molar-refractivity contribution in [3.05, 3.63) is 72.2 Å². The molecule has 4 rings (SSSR count). The van der Waals surface area contributed by atoms with E-state index in [2.05, 4.69) is 34.1 Å². The van der Waals surface area contributed by atoms with E-state index in [1.54, 1.807) is 0 Å². The zero-order valence-electron chi connectivity index (χ0n) is 13.5. The normalized spacial score (nSPS) is 15.8. The average Bonchev–Trinajstić information content (AvgIpc) is 3.07. The van der Waals surface area contributed by atoms with Crippen LogP contribution >= 0.6 is 0 Å². The number of hydrogen-bond donors (Lipinski definition) is 0. The van der Waals surface area contributed by atoms with Crippen molar-refractivity contribution in [2.75, 3.05) is 26.2 Å². The molecule has 1 aliphatic heterocycles. The van der Waals surface area contributed by atoms with Crippen molar-refractivity contribution >= 4 is 11.6 Å². The van der Waals surface area contributed by atoms with Crippen LogP contribution in [-0.2, 0) is 6.54 Å². The van der Waals surface area contributed by atoms with E-state index in [1.165, 1.54) is 5.56 Å². The Labute approximate surface area is 141 Å². The number of carbonyl (C=O) groups is 1. The molecule has 0 aliphatic carbocycles. The lowest BCUT2D eigenvalue weighted by atomic mass is 10.2. The molecule has 3 aromatic rings. The maximum Gasteiger partial charge on any atom is 0.274 e. The SMILES string of the molecule is O=C(c1cn2ccccc2n1)N1CCN(Cc2ccccc2)CC1. The zero-order valence-corrected chi connectivity index (χ0v) is 13.5. The van der Waals surface area contributed by atoms with Crippen LogP contribution in [0.5, 0.6) is 0 Å². The molecule has 2 aromatic heterocycles. The highest BCUT2D eigenvalue weighted by Gasteiger charge is 2.23. The van der Waals surface area contributed by atoms with E-state index in [1.807, 2.05) is 46.0 Å². The molecule has 0 spiro atoms. The molecule has 122 valence electrons. The number of aromatic nitrogens is 2. The first-order chi connectivity index (χ1) is 11.8. The van der Waals surface area contributed by atoms with Gasteiger partial charge in [0.15, 0.2) is 0 Å². The largest absolute Gasteiger partial charge is 0.335 e. The van der Waals surface area contributed by atoms with E-state index in [-0.39, 0.29) is 5.91 Å². The molecule has 1 aromatic carbocycles. The minimum absolute atomic E-state index is 0.0260. The summed E-state index contributed by atoms with van der Waals surface area (Å²) in [5, 5.41) is 0. The van der Waals surface area contributed by atoms with Crippen LogP contribution in [0.1, 0.15) is 16.1 Å². The van der Waals surface area contributed by atoms with E-state index in [9.17, 15) is 4.79 Å². The maximum atomic E-state index is 12.7. The first-order valence-corrected chi connectivity index (χ1v) is 8.29. The van der Waals surface area contributed by atoms with Gasteiger partial charge in [-0.15, -0.1) is 0 Å². The second-order valence-electron chi connectivity index (χ2n) is 6.15. The Bertz CT molecular complexity index is 802. The number of amides is 1. The standard InChI is InChI=1S/C19H20N4O/c24-19(17-15-23-9-5-4-8-18(23)20-17)22-12-10-21(11-13-22)14-16-6-2-1-3-7-16/h1-9,15H,10-14H2. The Hall–Kier alpha value is -2.66. The molecule has 5 nitrogen and oxygen atoms in total. The summed E-state index contributed by atoms with van der Waals surface area (Å²) in [6.07, 6.45) is 3.73. The van der Waals surface area contributed by atoms with E-state index in [0.29, 0.717) is 5.69 Å². The lowest BCUT2D eigenvalue weighted by Crippen LogP contribution is -2.48. The van der Waals surface area contributed by atoms with E-state index >= 15 is 0 Å². The van der Waals surface area contributed by atoms with Crippen molar-refractivity contribution in [1.29, 1.82) is 0 Å². The maximum absolute atomic E-state index is 12.7. The number of imidazole rings is 1. The fraction of sp³-hybridized carbons (Fsp3) is 0.263. The minimum atomic E-state index is 0.0260. The number of pyridine rings is 1. The summed E-state index contributed by atoms with van der Waals surface area (Å²) in [5.74, 6) is 0.0260. The Morgan fingerprint density at radius 3 is 2.46 bits per heavy atom. The van der Waals surface area contributed by atoms with Crippen molar-refractivity contribution in [3.63, 3.8) is 0 Å². The third-order valence-corrected chi connectivity index (χ3v) is 4.49. The Kier molecular flexibility index (Phi) is 4.01. The Morgan fingerprint density at radius 1 is 0.958 bits per heavy atom.